The lowest BCUT2D eigenvalue weighted by atomic mass is 10.3. The molecule has 0 saturated heterocycles. The first-order valence-corrected chi connectivity index (χ1v) is 7.21. The van der Waals surface area contributed by atoms with Crippen molar-refractivity contribution in [2.24, 2.45) is 0 Å². The number of hydrogen-bond acceptors (Lipinski definition) is 3. The summed E-state index contributed by atoms with van der Waals surface area (Å²) in [5.74, 6) is 0.483. The lowest BCUT2D eigenvalue weighted by Crippen LogP contribution is -2.43. The summed E-state index contributed by atoms with van der Waals surface area (Å²) < 4.78 is 5.42. The summed E-state index contributed by atoms with van der Waals surface area (Å²) in [6.07, 6.45) is 2.05. The maximum Gasteiger partial charge on any atom is 0.315 e. The number of urea groups is 1. The van der Waals surface area contributed by atoms with Crippen LogP contribution in [0.4, 0.5) is 4.79 Å². The van der Waals surface area contributed by atoms with Gasteiger partial charge in [0.25, 0.3) is 0 Å². The molecule has 21 heavy (non-hydrogen) atoms. The maximum absolute atomic E-state index is 11.4. The molecule has 0 aliphatic heterocycles. The minimum atomic E-state index is -0.393. The van der Waals surface area contributed by atoms with Gasteiger partial charge in [0, 0.05) is 11.1 Å². The van der Waals surface area contributed by atoms with Gasteiger partial charge in [-0.05, 0) is 31.0 Å². The molecule has 1 aromatic rings. The van der Waals surface area contributed by atoms with E-state index in [2.05, 4.69) is 16.0 Å². The number of hydrogen-bond donors (Lipinski definition) is 3. The molecule has 1 aliphatic rings. The van der Waals surface area contributed by atoms with Crippen LogP contribution in [0.25, 0.3) is 0 Å². The summed E-state index contributed by atoms with van der Waals surface area (Å²) in [6, 6.07) is 6.94. The first-order valence-electron chi connectivity index (χ1n) is 6.83. The van der Waals surface area contributed by atoms with Crippen molar-refractivity contribution in [1.29, 1.82) is 0 Å². The molecule has 6 nitrogen and oxygen atoms in total. The fraction of sp³-hybridized carbons (Fsp3) is 0.429. The van der Waals surface area contributed by atoms with Crippen molar-refractivity contribution in [1.82, 2.24) is 16.0 Å². The second kappa shape index (κ2) is 7.73. The molecule has 114 valence electrons. The third-order valence-electron chi connectivity index (χ3n) is 2.80. The number of halogens is 1. The van der Waals surface area contributed by atoms with E-state index in [9.17, 15) is 9.59 Å². The Labute approximate surface area is 128 Å². The van der Waals surface area contributed by atoms with Crippen LogP contribution in [0.15, 0.2) is 24.3 Å². The molecule has 0 aromatic heterocycles. The summed E-state index contributed by atoms with van der Waals surface area (Å²) in [5.41, 5.74) is 0. The van der Waals surface area contributed by atoms with Crippen molar-refractivity contribution in [3.63, 3.8) is 0 Å². The number of nitrogens with one attached hydrogen (secondary N) is 3. The van der Waals surface area contributed by atoms with E-state index < -0.39 is 6.03 Å². The summed E-state index contributed by atoms with van der Waals surface area (Å²) in [5, 5.41) is 8.47. The van der Waals surface area contributed by atoms with Crippen LogP contribution in [0, 0.1) is 0 Å². The van der Waals surface area contributed by atoms with Gasteiger partial charge >= 0.3 is 6.03 Å². The summed E-state index contributed by atoms with van der Waals surface area (Å²) in [7, 11) is 0. The zero-order chi connectivity index (χ0) is 15.1. The fourth-order valence-corrected chi connectivity index (χ4v) is 1.80. The number of carbonyl (C=O) groups excluding carboxylic acids is 2. The predicted molar refractivity (Wildman–Crippen MR) is 79.5 cm³/mol. The molecule has 1 aromatic carbocycles. The Bertz CT molecular complexity index is 506. The zero-order valence-corrected chi connectivity index (χ0v) is 12.3. The molecule has 0 unspecified atom stereocenters. The smallest absolute Gasteiger partial charge is 0.315 e. The standard InChI is InChI=1S/C14H18ClN3O3/c15-10-2-1-3-12(8-10)21-7-6-16-14(20)17-9-13(19)18-11-4-5-11/h1-3,8,11H,4-7,9H2,(H,18,19)(H2,16,17,20). The molecule has 1 fully saturated rings. The third kappa shape index (κ3) is 6.35. The number of rotatable bonds is 7. The van der Waals surface area contributed by atoms with Gasteiger partial charge in [0.2, 0.25) is 5.91 Å². The number of ether oxygens (including phenoxy) is 1. The van der Waals surface area contributed by atoms with Gasteiger partial charge in [-0.2, -0.15) is 0 Å². The summed E-state index contributed by atoms with van der Waals surface area (Å²) >= 11 is 5.82. The van der Waals surface area contributed by atoms with Crippen LogP contribution in [0.3, 0.4) is 0 Å². The second-order valence-corrected chi connectivity index (χ2v) is 5.19. The SMILES string of the molecule is O=C(CNC(=O)NCCOc1cccc(Cl)c1)NC1CC1. The molecule has 1 saturated carbocycles. The van der Waals surface area contributed by atoms with Crippen LogP contribution in [0.1, 0.15) is 12.8 Å². The Hall–Kier alpha value is -1.95. The molecule has 3 N–H and O–H groups in total. The number of amides is 3. The molecular weight excluding hydrogens is 294 g/mol. The highest BCUT2D eigenvalue weighted by Crippen LogP contribution is 2.18. The lowest BCUT2D eigenvalue weighted by molar-refractivity contribution is -0.120. The zero-order valence-electron chi connectivity index (χ0n) is 11.5. The maximum atomic E-state index is 11.4. The van der Waals surface area contributed by atoms with E-state index in [1.165, 1.54) is 0 Å². The fourth-order valence-electron chi connectivity index (χ4n) is 1.62. The molecule has 1 aliphatic carbocycles. The van der Waals surface area contributed by atoms with E-state index in [0.29, 0.717) is 30.0 Å². The van der Waals surface area contributed by atoms with Gasteiger partial charge in [-0.1, -0.05) is 17.7 Å². The van der Waals surface area contributed by atoms with Crippen molar-refractivity contribution < 1.29 is 14.3 Å². The second-order valence-electron chi connectivity index (χ2n) is 4.76. The highest BCUT2D eigenvalue weighted by molar-refractivity contribution is 6.30. The van der Waals surface area contributed by atoms with Gasteiger partial charge in [0.1, 0.15) is 12.4 Å². The Morgan fingerprint density at radius 2 is 2.10 bits per heavy atom. The van der Waals surface area contributed by atoms with E-state index in [4.69, 9.17) is 16.3 Å². The van der Waals surface area contributed by atoms with Crippen molar-refractivity contribution in [3.05, 3.63) is 29.3 Å². The Morgan fingerprint density at radius 1 is 1.29 bits per heavy atom. The minimum absolute atomic E-state index is 0.0164. The first-order chi connectivity index (χ1) is 10.1. The molecule has 7 heteroatoms. The van der Waals surface area contributed by atoms with Crippen LogP contribution in [-0.2, 0) is 4.79 Å². The molecule has 0 heterocycles. The molecule has 0 bridgehead atoms. The Kier molecular flexibility index (Phi) is 5.68. The largest absolute Gasteiger partial charge is 0.492 e. The molecule has 0 atom stereocenters. The van der Waals surface area contributed by atoms with E-state index in [1.54, 1.807) is 24.3 Å². The average molecular weight is 312 g/mol. The summed E-state index contributed by atoms with van der Waals surface area (Å²) in [6.45, 7) is 0.641. The van der Waals surface area contributed by atoms with Crippen molar-refractivity contribution in [2.45, 2.75) is 18.9 Å². The van der Waals surface area contributed by atoms with Gasteiger partial charge < -0.3 is 20.7 Å². The molecule has 0 radical (unpaired) electrons. The van der Waals surface area contributed by atoms with Gasteiger partial charge in [-0.25, -0.2) is 4.79 Å². The van der Waals surface area contributed by atoms with Crippen molar-refractivity contribution in [3.8, 4) is 5.75 Å². The Balaban J connectivity index is 1.53. The average Bonchev–Trinajstić information content (AvgIpc) is 3.25. The number of benzene rings is 1. The van der Waals surface area contributed by atoms with E-state index in [0.717, 1.165) is 12.8 Å². The van der Waals surface area contributed by atoms with Gasteiger partial charge in [-0.3, -0.25) is 4.79 Å². The summed E-state index contributed by atoms with van der Waals surface area (Å²) in [4.78, 5) is 22.8. The lowest BCUT2D eigenvalue weighted by Gasteiger charge is -2.09. The molecule has 2 rings (SSSR count). The van der Waals surface area contributed by atoms with Crippen LogP contribution < -0.4 is 20.7 Å². The van der Waals surface area contributed by atoms with Crippen LogP contribution in [0.2, 0.25) is 5.02 Å². The minimum Gasteiger partial charge on any atom is -0.492 e. The highest BCUT2D eigenvalue weighted by Gasteiger charge is 2.23. The van der Waals surface area contributed by atoms with Crippen LogP contribution in [-0.4, -0.2) is 37.7 Å². The quantitative estimate of drug-likeness (QED) is 0.664. The van der Waals surface area contributed by atoms with Crippen LogP contribution in [0.5, 0.6) is 5.75 Å². The van der Waals surface area contributed by atoms with Crippen molar-refractivity contribution >= 4 is 23.5 Å². The first kappa shape index (κ1) is 15.4. The monoisotopic (exact) mass is 311 g/mol. The van der Waals surface area contributed by atoms with Gasteiger partial charge in [-0.15, -0.1) is 0 Å². The van der Waals surface area contributed by atoms with Gasteiger partial charge in [0.15, 0.2) is 0 Å². The van der Waals surface area contributed by atoms with E-state index in [1.807, 2.05) is 0 Å². The van der Waals surface area contributed by atoms with Crippen molar-refractivity contribution in [2.75, 3.05) is 19.7 Å². The Morgan fingerprint density at radius 3 is 2.81 bits per heavy atom. The highest BCUT2D eigenvalue weighted by atomic mass is 35.5. The predicted octanol–water partition coefficient (Wildman–Crippen LogP) is 1.30. The topological polar surface area (TPSA) is 79.5 Å². The normalized spacial score (nSPS) is 13.4. The molecule has 0 spiro atoms. The van der Waals surface area contributed by atoms with E-state index in [-0.39, 0.29) is 12.5 Å². The van der Waals surface area contributed by atoms with Gasteiger partial charge in [0.05, 0.1) is 13.1 Å². The molecular formula is C14H18ClN3O3. The number of carbonyl (C=O) groups is 2. The third-order valence-corrected chi connectivity index (χ3v) is 3.04. The van der Waals surface area contributed by atoms with Crippen LogP contribution >= 0.6 is 11.6 Å². The molecule has 3 amide bonds. The van der Waals surface area contributed by atoms with E-state index >= 15 is 0 Å².